The third-order valence-electron chi connectivity index (χ3n) is 4.43. The molecule has 0 saturated carbocycles. The van der Waals surface area contributed by atoms with Crippen LogP contribution in [0.25, 0.3) is 11.0 Å². The van der Waals surface area contributed by atoms with Gasteiger partial charge in [-0.2, -0.15) is 0 Å². The van der Waals surface area contributed by atoms with Gasteiger partial charge in [0.05, 0.1) is 12.7 Å². The van der Waals surface area contributed by atoms with Crippen LogP contribution in [-0.2, 0) is 9.53 Å². The van der Waals surface area contributed by atoms with E-state index in [1.165, 1.54) is 7.11 Å². The molecule has 0 radical (unpaired) electrons. The van der Waals surface area contributed by atoms with Crippen molar-refractivity contribution in [3.8, 4) is 0 Å². The number of hydrogen-bond acceptors (Lipinski definition) is 6. The number of amides is 1. The third kappa shape index (κ3) is 2.84. The molecule has 1 atom stereocenters. The number of carbonyl (C=O) groups is 2. The number of amidine groups is 1. The van der Waals surface area contributed by atoms with E-state index < -0.39 is 11.5 Å². The van der Waals surface area contributed by atoms with E-state index >= 15 is 0 Å². The molecular weight excluding hydrogens is 344 g/mol. The van der Waals surface area contributed by atoms with Crippen LogP contribution >= 0.6 is 11.6 Å². The summed E-state index contributed by atoms with van der Waals surface area (Å²) in [5, 5.41) is 3.63. The predicted molar refractivity (Wildman–Crippen MR) is 93.8 cm³/mol. The number of aromatic nitrogens is 2. The number of ether oxygens (including phenoxy) is 1. The van der Waals surface area contributed by atoms with Gasteiger partial charge in [0.25, 0.3) is 5.91 Å². The first-order chi connectivity index (χ1) is 11.8. The minimum atomic E-state index is -0.929. The highest BCUT2D eigenvalue weighted by Gasteiger charge is 2.43. The molecule has 1 N–H and O–H groups in total. The fourth-order valence-electron chi connectivity index (χ4n) is 2.52. The minimum absolute atomic E-state index is 0.0281. The van der Waals surface area contributed by atoms with Crippen LogP contribution in [0.3, 0.4) is 0 Å². The van der Waals surface area contributed by atoms with Crippen LogP contribution in [0.15, 0.2) is 23.2 Å². The second kappa shape index (κ2) is 6.07. The highest BCUT2D eigenvalue weighted by atomic mass is 35.5. The van der Waals surface area contributed by atoms with Gasteiger partial charge in [-0.15, -0.1) is 0 Å². The Labute approximate surface area is 149 Å². The second-order valence-corrected chi connectivity index (χ2v) is 6.66. The van der Waals surface area contributed by atoms with Gasteiger partial charge in [0.1, 0.15) is 16.4 Å². The summed E-state index contributed by atoms with van der Waals surface area (Å²) in [6.07, 6.45) is 0. The summed E-state index contributed by atoms with van der Waals surface area (Å²) < 4.78 is 4.84. The number of rotatable bonds is 3. The Balaban J connectivity index is 2.24. The van der Waals surface area contributed by atoms with Gasteiger partial charge in [0, 0.05) is 5.39 Å². The largest absolute Gasteiger partial charge is 0.465 e. The Bertz CT molecular complexity index is 925. The van der Waals surface area contributed by atoms with E-state index in [1.54, 1.807) is 25.1 Å². The van der Waals surface area contributed by atoms with Gasteiger partial charge in [0.15, 0.2) is 11.5 Å². The van der Waals surface area contributed by atoms with Crippen LogP contribution in [-0.4, -0.2) is 40.3 Å². The number of aliphatic imine (C=N–C) groups is 1. The summed E-state index contributed by atoms with van der Waals surface area (Å²) in [5.74, 6) is -0.617. The van der Waals surface area contributed by atoms with E-state index in [2.05, 4.69) is 20.3 Å². The molecule has 0 fully saturated rings. The van der Waals surface area contributed by atoms with Crippen molar-refractivity contribution in [2.75, 3.05) is 7.11 Å². The molecule has 2 aromatic heterocycles. The average molecular weight is 361 g/mol. The maximum absolute atomic E-state index is 12.4. The number of halogens is 1. The van der Waals surface area contributed by atoms with Crippen LogP contribution < -0.4 is 5.32 Å². The van der Waals surface area contributed by atoms with Gasteiger partial charge < -0.3 is 10.1 Å². The van der Waals surface area contributed by atoms with Crippen LogP contribution in [0.4, 0.5) is 0 Å². The quantitative estimate of drug-likeness (QED) is 0.670. The lowest BCUT2D eigenvalue weighted by atomic mass is 9.89. The van der Waals surface area contributed by atoms with Crippen molar-refractivity contribution in [3.05, 3.63) is 34.6 Å². The number of carbonyl (C=O) groups excluding carboxylic acids is 2. The molecule has 1 unspecified atom stereocenters. The van der Waals surface area contributed by atoms with Gasteiger partial charge in [-0.1, -0.05) is 25.4 Å². The van der Waals surface area contributed by atoms with Gasteiger partial charge in [-0.3, -0.25) is 4.79 Å². The molecular formula is C17H17ClN4O3. The molecule has 8 heteroatoms. The topological polar surface area (TPSA) is 93.5 Å². The maximum Gasteiger partial charge on any atom is 0.340 e. The van der Waals surface area contributed by atoms with Crippen LogP contribution in [0.2, 0.25) is 5.15 Å². The van der Waals surface area contributed by atoms with Gasteiger partial charge in [-0.05, 0) is 31.0 Å². The van der Waals surface area contributed by atoms with E-state index in [0.717, 1.165) is 0 Å². The Hall–Kier alpha value is -2.54. The standard InChI is InChI=1S/C17H17ClN4O3/c1-8(2)17(3)16(24)21-14(22-17)12-10(15(23)25-4)7-9-5-6-11(18)19-13(9)20-12/h5-8H,1-4H3,(H,21,22,24). The molecule has 0 aromatic carbocycles. The summed E-state index contributed by atoms with van der Waals surface area (Å²) in [7, 11) is 1.28. The van der Waals surface area contributed by atoms with E-state index in [4.69, 9.17) is 16.3 Å². The number of fused-ring (bicyclic) bond motifs is 1. The van der Waals surface area contributed by atoms with Crippen molar-refractivity contribution in [2.45, 2.75) is 26.3 Å². The Morgan fingerprint density at radius 1 is 1.32 bits per heavy atom. The summed E-state index contributed by atoms with van der Waals surface area (Å²) in [4.78, 5) is 37.7. The van der Waals surface area contributed by atoms with Crippen molar-refractivity contribution in [1.82, 2.24) is 15.3 Å². The lowest BCUT2D eigenvalue weighted by Crippen LogP contribution is -2.41. The molecule has 3 rings (SSSR count). The molecule has 130 valence electrons. The van der Waals surface area contributed by atoms with Gasteiger partial charge in [-0.25, -0.2) is 19.8 Å². The molecule has 0 aliphatic carbocycles. The Kier molecular flexibility index (Phi) is 4.20. The van der Waals surface area contributed by atoms with Crippen molar-refractivity contribution in [1.29, 1.82) is 0 Å². The summed E-state index contributed by atoms with van der Waals surface area (Å²) in [6.45, 7) is 5.55. The molecule has 3 heterocycles. The van der Waals surface area contributed by atoms with Crippen molar-refractivity contribution in [2.24, 2.45) is 10.9 Å². The number of methoxy groups -OCH3 is 1. The summed E-state index contributed by atoms with van der Waals surface area (Å²) in [6, 6.07) is 4.92. The smallest absolute Gasteiger partial charge is 0.340 e. The van der Waals surface area contributed by atoms with Crippen LogP contribution in [0.5, 0.6) is 0 Å². The zero-order chi connectivity index (χ0) is 18.4. The molecule has 25 heavy (non-hydrogen) atoms. The zero-order valence-electron chi connectivity index (χ0n) is 14.3. The van der Waals surface area contributed by atoms with Crippen molar-refractivity contribution < 1.29 is 14.3 Å². The maximum atomic E-state index is 12.4. The number of nitrogens with zero attached hydrogens (tertiary/aromatic N) is 3. The molecule has 0 bridgehead atoms. The average Bonchev–Trinajstić information content (AvgIpc) is 2.89. The fourth-order valence-corrected chi connectivity index (χ4v) is 2.67. The molecule has 1 amide bonds. The highest BCUT2D eigenvalue weighted by Crippen LogP contribution is 2.28. The predicted octanol–water partition coefficient (Wildman–Crippen LogP) is 2.36. The molecule has 1 aliphatic rings. The van der Waals surface area contributed by atoms with E-state index in [1.807, 2.05) is 13.8 Å². The first-order valence-corrected chi connectivity index (χ1v) is 8.11. The third-order valence-corrected chi connectivity index (χ3v) is 4.64. The molecule has 1 aliphatic heterocycles. The van der Waals surface area contributed by atoms with E-state index in [-0.39, 0.29) is 34.1 Å². The molecule has 2 aromatic rings. The number of nitrogens with one attached hydrogen (secondary N) is 1. The Morgan fingerprint density at radius 2 is 2.04 bits per heavy atom. The van der Waals surface area contributed by atoms with E-state index in [9.17, 15) is 9.59 Å². The Morgan fingerprint density at radius 3 is 2.64 bits per heavy atom. The number of pyridine rings is 2. The van der Waals surface area contributed by atoms with Crippen molar-refractivity contribution in [3.63, 3.8) is 0 Å². The summed E-state index contributed by atoms with van der Waals surface area (Å²) >= 11 is 5.93. The van der Waals surface area contributed by atoms with Crippen molar-refractivity contribution >= 4 is 40.3 Å². The number of esters is 1. The van der Waals surface area contributed by atoms with Crippen LogP contribution in [0, 0.1) is 5.92 Å². The lowest BCUT2D eigenvalue weighted by molar-refractivity contribution is -0.124. The highest BCUT2D eigenvalue weighted by molar-refractivity contribution is 6.29. The van der Waals surface area contributed by atoms with Gasteiger partial charge >= 0.3 is 5.97 Å². The number of hydrogen-bond donors (Lipinski definition) is 1. The summed E-state index contributed by atoms with van der Waals surface area (Å²) in [5.41, 5.74) is -0.163. The van der Waals surface area contributed by atoms with Gasteiger partial charge in [0.2, 0.25) is 0 Å². The van der Waals surface area contributed by atoms with Crippen LogP contribution in [0.1, 0.15) is 36.8 Å². The second-order valence-electron chi connectivity index (χ2n) is 6.27. The molecule has 0 spiro atoms. The fraction of sp³-hybridized carbons (Fsp3) is 0.353. The lowest BCUT2D eigenvalue weighted by Gasteiger charge is -2.21. The minimum Gasteiger partial charge on any atom is -0.465 e. The zero-order valence-corrected chi connectivity index (χ0v) is 15.0. The SMILES string of the molecule is COC(=O)c1cc2ccc(Cl)nc2nc1C1=NC(C)(C(C)C)C(=O)N1. The molecule has 7 nitrogen and oxygen atoms in total. The monoisotopic (exact) mass is 360 g/mol. The normalized spacial score (nSPS) is 19.9. The first-order valence-electron chi connectivity index (χ1n) is 7.73. The first kappa shape index (κ1) is 17.3. The molecule has 0 saturated heterocycles. The van der Waals surface area contributed by atoms with E-state index in [0.29, 0.717) is 11.0 Å².